The summed E-state index contributed by atoms with van der Waals surface area (Å²) in [7, 11) is 1.65. The molecule has 0 aliphatic rings. The molecule has 1 aromatic heterocycles. The zero-order chi connectivity index (χ0) is 11.8. The number of nitrogens with one attached hydrogen (secondary N) is 2. The van der Waals surface area contributed by atoms with Crippen molar-refractivity contribution in [1.29, 1.82) is 0 Å². The molecule has 2 N–H and O–H groups in total. The lowest BCUT2D eigenvalue weighted by molar-refractivity contribution is 0.0925. The number of methoxy groups -OCH3 is 1. The Hall–Kier alpha value is -0.820. The molecule has 1 rings (SSSR count). The SMILES string of the molecule is COCCNCCNC(=O)c1ocnc1C.Cl.Cl. The Morgan fingerprint density at radius 3 is 2.67 bits per heavy atom. The molecule has 0 saturated carbocycles. The van der Waals surface area contributed by atoms with Gasteiger partial charge in [0.1, 0.15) is 0 Å². The van der Waals surface area contributed by atoms with Gasteiger partial charge >= 0.3 is 0 Å². The van der Waals surface area contributed by atoms with Crippen LogP contribution in [0.15, 0.2) is 10.8 Å². The quantitative estimate of drug-likeness (QED) is 0.728. The molecule has 0 bridgehead atoms. The Kier molecular flexibility index (Phi) is 12.2. The molecule has 0 fully saturated rings. The Morgan fingerprint density at radius 2 is 2.11 bits per heavy atom. The van der Waals surface area contributed by atoms with Crippen LogP contribution in [0.1, 0.15) is 16.2 Å². The topological polar surface area (TPSA) is 76.4 Å². The van der Waals surface area contributed by atoms with Gasteiger partial charge in [-0.15, -0.1) is 24.8 Å². The summed E-state index contributed by atoms with van der Waals surface area (Å²) in [5, 5.41) is 5.84. The summed E-state index contributed by atoms with van der Waals surface area (Å²) in [5.74, 6) is 0.0421. The van der Waals surface area contributed by atoms with Gasteiger partial charge in [-0.2, -0.15) is 0 Å². The second-order valence-corrected chi connectivity index (χ2v) is 3.27. The zero-order valence-corrected chi connectivity index (χ0v) is 12.0. The molecule has 1 heterocycles. The molecule has 0 aromatic carbocycles. The molecule has 0 aliphatic carbocycles. The zero-order valence-electron chi connectivity index (χ0n) is 10.4. The minimum absolute atomic E-state index is 0. The van der Waals surface area contributed by atoms with Crippen molar-refractivity contribution >= 4 is 30.7 Å². The number of rotatable bonds is 7. The summed E-state index contributed by atoms with van der Waals surface area (Å²) >= 11 is 0. The van der Waals surface area contributed by atoms with Gasteiger partial charge in [0.2, 0.25) is 5.76 Å². The second-order valence-electron chi connectivity index (χ2n) is 3.27. The molecule has 0 spiro atoms. The highest BCUT2D eigenvalue weighted by molar-refractivity contribution is 5.92. The van der Waals surface area contributed by atoms with Crippen molar-refractivity contribution in [2.75, 3.05) is 33.4 Å². The van der Waals surface area contributed by atoms with E-state index >= 15 is 0 Å². The molecule has 0 aliphatic heterocycles. The van der Waals surface area contributed by atoms with Crippen LogP contribution in [0, 0.1) is 6.92 Å². The molecular weight excluding hydrogens is 281 g/mol. The van der Waals surface area contributed by atoms with Gasteiger partial charge in [-0.25, -0.2) is 4.98 Å². The second kappa shape index (κ2) is 11.3. The van der Waals surface area contributed by atoms with E-state index in [9.17, 15) is 4.79 Å². The van der Waals surface area contributed by atoms with Crippen molar-refractivity contribution in [1.82, 2.24) is 15.6 Å². The van der Waals surface area contributed by atoms with Crippen LogP contribution in [0.5, 0.6) is 0 Å². The third kappa shape index (κ3) is 6.80. The smallest absolute Gasteiger partial charge is 0.289 e. The van der Waals surface area contributed by atoms with E-state index in [0.29, 0.717) is 25.4 Å². The highest BCUT2D eigenvalue weighted by Gasteiger charge is 2.12. The number of hydrogen-bond donors (Lipinski definition) is 2. The van der Waals surface area contributed by atoms with E-state index in [1.807, 2.05) is 0 Å². The molecule has 8 heteroatoms. The van der Waals surface area contributed by atoms with Crippen LogP contribution in [-0.4, -0.2) is 44.2 Å². The summed E-state index contributed by atoms with van der Waals surface area (Å²) in [6.45, 7) is 4.41. The number of nitrogens with zero attached hydrogens (tertiary/aromatic N) is 1. The Labute approximate surface area is 119 Å². The van der Waals surface area contributed by atoms with Gasteiger partial charge in [-0.05, 0) is 6.92 Å². The monoisotopic (exact) mass is 299 g/mol. The maximum Gasteiger partial charge on any atom is 0.289 e. The number of carbonyl (C=O) groups is 1. The molecule has 1 amide bonds. The first kappa shape index (κ1) is 19.5. The van der Waals surface area contributed by atoms with Gasteiger partial charge in [0, 0.05) is 26.7 Å². The normalized spacial score (nSPS) is 9.22. The van der Waals surface area contributed by atoms with Gasteiger partial charge in [0.15, 0.2) is 6.39 Å². The van der Waals surface area contributed by atoms with Crippen LogP contribution in [0.3, 0.4) is 0 Å². The first-order chi connectivity index (χ1) is 7.75. The maximum atomic E-state index is 11.5. The van der Waals surface area contributed by atoms with Crippen molar-refractivity contribution in [2.45, 2.75) is 6.92 Å². The Balaban J connectivity index is 0. The summed E-state index contributed by atoms with van der Waals surface area (Å²) < 4.78 is 9.83. The minimum Gasteiger partial charge on any atom is -0.438 e. The van der Waals surface area contributed by atoms with Gasteiger partial charge in [0.25, 0.3) is 5.91 Å². The van der Waals surface area contributed by atoms with Crippen molar-refractivity contribution in [2.24, 2.45) is 0 Å². The number of hydrogen-bond acceptors (Lipinski definition) is 5. The number of aryl methyl sites for hydroxylation is 1. The van der Waals surface area contributed by atoms with Crippen LogP contribution in [0.2, 0.25) is 0 Å². The molecule has 0 atom stereocenters. The summed E-state index contributed by atoms with van der Waals surface area (Å²) in [4.78, 5) is 15.4. The summed E-state index contributed by atoms with van der Waals surface area (Å²) in [6, 6.07) is 0. The van der Waals surface area contributed by atoms with Gasteiger partial charge in [0.05, 0.1) is 12.3 Å². The predicted octanol–water partition coefficient (Wildman–Crippen LogP) is 0.792. The van der Waals surface area contributed by atoms with Crippen LogP contribution in [-0.2, 0) is 4.74 Å². The van der Waals surface area contributed by atoms with E-state index in [4.69, 9.17) is 9.15 Å². The molecular formula is C10H19Cl2N3O3. The van der Waals surface area contributed by atoms with E-state index in [-0.39, 0.29) is 36.5 Å². The van der Waals surface area contributed by atoms with Crippen molar-refractivity contribution in [3.63, 3.8) is 0 Å². The molecule has 0 saturated heterocycles. The van der Waals surface area contributed by atoms with E-state index in [0.717, 1.165) is 6.54 Å². The first-order valence-electron chi connectivity index (χ1n) is 5.13. The Bertz CT molecular complexity index is 334. The third-order valence-electron chi connectivity index (χ3n) is 2.02. The lowest BCUT2D eigenvalue weighted by Gasteiger charge is -2.05. The van der Waals surface area contributed by atoms with E-state index in [1.54, 1.807) is 14.0 Å². The molecule has 6 nitrogen and oxygen atoms in total. The van der Waals surface area contributed by atoms with Crippen LogP contribution in [0.4, 0.5) is 0 Å². The minimum atomic E-state index is -0.233. The van der Waals surface area contributed by atoms with E-state index in [2.05, 4.69) is 15.6 Å². The standard InChI is InChI=1S/C10H17N3O3.2ClH/c1-8-9(16-7-13-8)10(14)12-4-3-11-5-6-15-2;;/h7,11H,3-6H2,1-2H3,(H,12,14);2*1H. The average Bonchev–Trinajstić information content (AvgIpc) is 2.69. The van der Waals surface area contributed by atoms with E-state index in [1.165, 1.54) is 6.39 Å². The van der Waals surface area contributed by atoms with Crippen molar-refractivity contribution in [3.05, 3.63) is 17.8 Å². The lowest BCUT2D eigenvalue weighted by atomic mass is 10.3. The number of oxazole rings is 1. The highest BCUT2D eigenvalue weighted by Crippen LogP contribution is 2.03. The largest absolute Gasteiger partial charge is 0.438 e. The summed E-state index contributed by atoms with van der Waals surface area (Å²) in [6.07, 6.45) is 1.26. The van der Waals surface area contributed by atoms with Crippen LogP contribution >= 0.6 is 24.8 Å². The molecule has 0 unspecified atom stereocenters. The number of carbonyl (C=O) groups excluding carboxylic acids is 1. The number of amides is 1. The van der Waals surface area contributed by atoms with E-state index < -0.39 is 0 Å². The first-order valence-corrected chi connectivity index (χ1v) is 5.13. The van der Waals surface area contributed by atoms with Crippen molar-refractivity contribution < 1.29 is 13.9 Å². The van der Waals surface area contributed by atoms with Crippen LogP contribution < -0.4 is 10.6 Å². The molecule has 1 aromatic rings. The van der Waals surface area contributed by atoms with Gasteiger partial charge in [-0.3, -0.25) is 4.79 Å². The van der Waals surface area contributed by atoms with Gasteiger partial charge < -0.3 is 19.8 Å². The summed E-state index contributed by atoms with van der Waals surface area (Å²) in [5.41, 5.74) is 0.602. The fourth-order valence-corrected chi connectivity index (χ4v) is 1.16. The average molecular weight is 300 g/mol. The van der Waals surface area contributed by atoms with Crippen LogP contribution in [0.25, 0.3) is 0 Å². The maximum absolute atomic E-state index is 11.5. The molecule has 0 radical (unpaired) electrons. The van der Waals surface area contributed by atoms with Crippen molar-refractivity contribution in [3.8, 4) is 0 Å². The van der Waals surface area contributed by atoms with Gasteiger partial charge in [-0.1, -0.05) is 0 Å². The fraction of sp³-hybridized carbons (Fsp3) is 0.600. The number of aromatic nitrogens is 1. The fourth-order valence-electron chi connectivity index (χ4n) is 1.16. The number of halogens is 2. The Morgan fingerprint density at radius 1 is 1.39 bits per heavy atom. The lowest BCUT2D eigenvalue weighted by Crippen LogP contribution is -2.33. The molecule has 18 heavy (non-hydrogen) atoms. The molecule has 106 valence electrons. The number of ether oxygens (including phenoxy) is 1. The highest BCUT2D eigenvalue weighted by atomic mass is 35.5. The predicted molar refractivity (Wildman–Crippen MR) is 72.8 cm³/mol. The third-order valence-corrected chi connectivity index (χ3v) is 2.02.